The van der Waals surface area contributed by atoms with E-state index in [-0.39, 0.29) is 38.1 Å². The summed E-state index contributed by atoms with van der Waals surface area (Å²) in [5.74, 6) is -3.50. The zero-order valence-electron chi connectivity index (χ0n) is 18.9. The van der Waals surface area contributed by atoms with Crippen molar-refractivity contribution >= 4 is 52.7 Å². The Hall–Kier alpha value is -2.41. The maximum Gasteiger partial charge on any atom is 0.319 e. The van der Waals surface area contributed by atoms with Crippen molar-refractivity contribution in [2.45, 2.75) is 32.1 Å². The Morgan fingerprint density at radius 1 is 1.24 bits per heavy atom. The molecule has 0 radical (unpaired) electrons. The van der Waals surface area contributed by atoms with Crippen LogP contribution in [0.25, 0.3) is 0 Å². The van der Waals surface area contributed by atoms with Crippen LogP contribution in [0.2, 0.25) is 10.0 Å². The van der Waals surface area contributed by atoms with Crippen molar-refractivity contribution in [3.63, 3.8) is 0 Å². The predicted molar refractivity (Wildman–Crippen MR) is 130 cm³/mol. The molecule has 1 fully saturated rings. The highest BCUT2D eigenvalue weighted by Crippen LogP contribution is 2.44. The fraction of sp³-hybridized carbons (Fsp3) is 0.478. The average molecular weight is 526 g/mol. The molecule has 1 aromatic rings. The van der Waals surface area contributed by atoms with Gasteiger partial charge in [-0.1, -0.05) is 35.0 Å². The summed E-state index contributed by atoms with van der Waals surface area (Å²) in [6, 6.07) is 5.16. The molecule has 2 amide bonds. The zero-order valence-corrected chi connectivity index (χ0v) is 21.2. The van der Waals surface area contributed by atoms with Gasteiger partial charge in [-0.15, -0.1) is 0 Å². The Kier molecular flexibility index (Phi) is 9.11. The van der Waals surface area contributed by atoms with Crippen LogP contribution < -0.4 is 10.1 Å². The number of hydrogen-bond donors (Lipinski definition) is 1. The normalized spacial score (nSPS) is 20.4. The molecule has 1 saturated heterocycles. The lowest BCUT2D eigenvalue weighted by molar-refractivity contribution is -0.150. The number of amides is 2. The van der Waals surface area contributed by atoms with E-state index >= 15 is 0 Å². The van der Waals surface area contributed by atoms with Gasteiger partial charge in [0.15, 0.2) is 5.75 Å². The molecule has 0 aliphatic carbocycles. The lowest BCUT2D eigenvalue weighted by Crippen LogP contribution is -2.44. The highest BCUT2D eigenvalue weighted by molar-refractivity contribution is 8.03. The number of benzene rings is 1. The molecule has 0 spiro atoms. The first-order valence-corrected chi connectivity index (χ1v) is 12.6. The maximum atomic E-state index is 13.0. The fourth-order valence-electron chi connectivity index (χ4n) is 4.09. The number of rotatable bonds is 7. The second-order valence-electron chi connectivity index (χ2n) is 7.80. The Bertz CT molecular complexity index is 1030. The number of likely N-dealkylation sites (tertiary alicyclic amines) is 1. The summed E-state index contributed by atoms with van der Waals surface area (Å²) in [7, 11) is 1.17. The van der Waals surface area contributed by atoms with Crippen LogP contribution in [-0.4, -0.2) is 55.2 Å². The van der Waals surface area contributed by atoms with E-state index in [0.29, 0.717) is 25.3 Å². The number of ether oxygens (including phenoxy) is 2. The average Bonchev–Trinajstić information content (AvgIpc) is 2.84. The largest absolute Gasteiger partial charge is 0.491 e. The predicted octanol–water partition coefficient (Wildman–Crippen LogP) is 3.88. The molecular weight excluding hydrogens is 501 g/mol. The van der Waals surface area contributed by atoms with Gasteiger partial charge in [0.2, 0.25) is 11.8 Å². The summed E-state index contributed by atoms with van der Waals surface area (Å²) in [4.78, 5) is 40.0. The molecule has 0 bridgehead atoms. The van der Waals surface area contributed by atoms with Crippen LogP contribution in [0.1, 0.15) is 37.7 Å². The standard InChI is InChI=1S/C23H25Cl2N3O5S/c1-3-33-20-15(24)9-13(10-16(20)25)18-14(11-26)22(27-21(30)19(18)23(31)32-2)34-12-17(29)28-7-5-4-6-8-28/h9-10,18-19H,3-8,12H2,1-2H3,(H,27,30)/t18-,19+/m0/s1. The molecule has 0 saturated carbocycles. The summed E-state index contributed by atoms with van der Waals surface area (Å²) in [6.45, 7) is 3.52. The minimum Gasteiger partial charge on any atom is -0.491 e. The van der Waals surface area contributed by atoms with E-state index in [0.717, 1.165) is 31.0 Å². The molecule has 182 valence electrons. The molecule has 2 atom stereocenters. The van der Waals surface area contributed by atoms with E-state index in [1.165, 1.54) is 19.2 Å². The molecule has 0 aromatic heterocycles. The Balaban J connectivity index is 2.00. The van der Waals surface area contributed by atoms with Gasteiger partial charge in [0.25, 0.3) is 0 Å². The highest BCUT2D eigenvalue weighted by Gasteiger charge is 2.45. The van der Waals surface area contributed by atoms with Gasteiger partial charge in [0, 0.05) is 19.0 Å². The number of piperidine rings is 1. The molecular formula is C23H25Cl2N3O5S. The molecule has 34 heavy (non-hydrogen) atoms. The number of hydrogen-bond acceptors (Lipinski definition) is 7. The number of thioether (sulfide) groups is 1. The number of nitriles is 1. The first-order valence-electron chi connectivity index (χ1n) is 10.9. The highest BCUT2D eigenvalue weighted by atomic mass is 35.5. The molecule has 2 aliphatic heterocycles. The third-order valence-electron chi connectivity index (χ3n) is 5.70. The van der Waals surface area contributed by atoms with Crippen LogP contribution in [0.15, 0.2) is 22.7 Å². The van der Waals surface area contributed by atoms with Gasteiger partial charge in [-0.05, 0) is 43.9 Å². The Morgan fingerprint density at radius 2 is 1.88 bits per heavy atom. The molecule has 1 N–H and O–H groups in total. The molecule has 11 heteroatoms. The topological polar surface area (TPSA) is 109 Å². The van der Waals surface area contributed by atoms with Crippen molar-refractivity contribution in [1.29, 1.82) is 5.26 Å². The van der Waals surface area contributed by atoms with Gasteiger partial charge in [0.05, 0.1) is 46.2 Å². The minimum absolute atomic E-state index is 0.0567. The van der Waals surface area contributed by atoms with Crippen molar-refractivity contribution in [3.8, 4) is 11.8 Å². The van der Waals surface area contributed by atoms with E-state index in [2.05, 4.69) is 11.4 Å². The zero-order chi connectivity index (χ0) is 24.8. The minimum atomic E-state index is -1.33. The van der Waals surface area contributed by atoms with Crippen LogP contribution in [0.3, 0.4) is 0 Å². The number of halogens is 2. The fourth-order valence-corrected chi connectivity index (χ4v) is 5.65. The van der Waals surface area contributed by atoms with Crippen LogP contribution in [-0.2, 0) is 19.1 Å². The van der Waals surface area contributed by atoms with Crippen LogP contribution >= 0.6 is 35.0 Å². The van der Waals surface area contributed by atoms with E-state index in [1.54, 1.807) is 11.8 Å². The van der Waals surface area contributed by atoms with E-state index in [1.807, 2.05) is 0 Å². The summed E-state index contributed by atoms with van der Waals surface area (Å²) in [5.41, 5.74) is 0.517. The van der Waals surface area contributed by atoms with Gasteiger partial charge < -0.3 is 19.7 Å². The maximum absolute atomic E-state index is 13.0. The molecule has 1 aromatic carbocycles. The molecule has 2 aliphatic rings. The Labute approximate surface area is 212 Å². The van der Waals surface area contributed by atoms with Crippen molar-refractivity contribution < 1.29 is 23.9 Å². The summed E-state index contributed by atoms with van der Waals surface area (Å²) in [5, 5.41) is 13.3. The molecule has 0 unspecified atom stereocenters. The quantitative estimate of drug-likeness (QED) is 0.424. The monoisotopic (exact) mass is 525 g/mol. The number of nitrogens with zero attached hydrogens (tertiary/aromatic N) is 2. The van der Waals surface area contributed by atoms with Gasteiger partial charge in [0.1, 0.15) is 5.92 Å². The van der Waals surface area contributed by atoms with E-state index < -0.39 is 23.7 Å². The number of carbonyl (C=O) groups excluding carboxylic acids is 3. The number of allylic oxidation sites excluding steroid dienone is 1. The number of carbonyl (C=O) groups is 3. The lowest BCUT2D eigenvalue weighted by Gasteiger charge is -2.32. The molecule has 8 nitrogen and oxygen atoms in total. The summed E-state index contributed by atoms with van der Waals surface area (Å²) < 4.78 is 10.3. The van der Waals surface area contributed by atoms with Gasteiger partial charge in [-0.3, -0.25) is 14.4 Å². The van der Waals surface area contributed by atoms with Crippen LogP contribution in [0, 0.1) is 17.2 Å². The summed E-state index contributed by atoms with van der Waals surface area (Å²) in [6.07, 6.45) is 3.02. The third kappa shape index (κ3) is 5.62. The van der Waals surface area contributed by atoms with Crippen LogP contribution in [0.4, 0.5) is 0 Å². The molecule has 2 heterocycles. The third-order valence-corrected chi connectivity index (χ3v) is 7.26. The SMILES string of the molecule is CCOc1c(Cl)cc([C@H]2C(C#N)=C(SCC(=O)N3CCCCC3)NC(=O)[C@@H]2C(=O)OC)cc1Cl. The van der Waals surface area contributed by atoms with Gasteiger partial charge >= 0.3 is 5.97 Å². The van der Waals surface area contributed by atoms with Crippen molar-refractivity contribution in [1.82, 2.24) is 10.2 Å². The van der Waals surface area contributed by atoms with Crippen molar-refractivity contribution in [2.75, 3.05) is 32.6 Å². The van der Waals surface area contributed by atoms with Crippen LogP contribution in [0.5, 0.6) is 5.75 Å². The number of methoxy groups -OCH3 is 1. The van der Waals surface area contributed by atoms with Crippen molar-refractivity contribution in [2.24, 2.45) is 5.92 Å². The van der Waals surface area contributed by atoms with E-state index in [4.69, 9.17) is 32.7 Å². The van der Waals surface area contributed by atoms with Crippen molar-refractivity contribution in [3.05, 3.63) is 38.3 Å². The first-order chi connectivity index (χ1) is 16.3. The van der Waals surface area contributed by atoms with Gasteiger partial charge in [-0.25, -0.2) is 0 Å². The second kappa shape index (κ2) is 11.8. The second-order valence-corrected chi connectivity index (χ2v) is 9.60. The number of nitrogens with one attached hydrogen (secondary N) is 1. The molecule has 3 rings (SSSR count). The summed E-state index contributed by atoms with van der Waals surface area (Å²) >= 11 is 13.8. The lowest BCUT2D eigenvalue weighted by atomic mass is 9.78. The first kappa shape index (κ1) is 26.2. The van der Waals surface area contributed by atoms with E-state index in [9.17, 15) is 19.6 Å². The van der Waals surface area contributed by atoms with Gasteiger partial charge in [-0.2, -0.15) is 5.26 Å². The number of esters is 1. The smallest absolute Gasteiger partial charge is 0.319 e. The Morgan fingerprint density at radius 3 is 2.44 bits per heavy atom.